The zero-order valence-corrected chi connectivity index (χ0v) is 12.6. The maximum atomic E-state index is 12.3. The van der Waals surface area contributed by atoms with E-state index < -0.39 is 22.2 Å². The molecule has 1 aliphatic rings. The summed E-state index contributed by atoms with van der Waals surface area (Å²) >= 11 is 0. The quantitative estimate of drug-likeness (QED) is 0.799. The first-order valence-corrected chi connectivity index (χ1v) is 8.47. The van der Waals surface area contributed by atoms with E-state index >= 15 is 0 Å². The number of carbonyl (C=O) groups is 1. The summed E-state index contributed by atoms with van der Waals surface area (Å²) in [5, 5.41) is 8.83. The van der Waals surface area contributed by atoms with Gasteiger partial charge in [-0.05, 0) is 24.8 Å². The number of nitrogens with one attached hydrogen (secondary N) is 1. The van der Waals surface area contributed by atoms with E-state index in [0.717, 1.165) is 18.4 Å². The maximum Gasteiger partial charge on any atom is 0.303 e. The molecule has 0 amide bonds. The van der Waals surface area contributed by atoms with Crippen molar-refractivity contribution in [3.05, 3.63) is 35.9 Å². The molecule has 7 heteroatoms. The molecule has 0 aliphatic carbocycles. The Labute approximate surface area is 125 Å². The van der Waals surface area contributed by atoms with Gasteiger partial charge in [0.25, 0.3) is 10.2 Å². The first kappa shape index (κ1) is 15.9. The van der Waals surface area contributed by atoms with Crippen LogP contribution in [0.3, 0.4) is 0 Å². The standard InChI is InChI=1S/C14H20N2O4S/c17-14(18)9-8-13(12-6-2-1-3-7-12)15-21(19,20)16-10-4-5-11-16/h1-3,6-7,13,15H,4-5,8-11H2,(H,17,18). The Bertz CT molecular complexity index is 568. The van der Waals surface area contributed by atoms with Gasteiger partial charge in [0.15, 0.2) is 0 Å². The number of aliphatic carboxylic acids is 1. The number of carboxylic acid groups (broad SMARTS) is 1. The number of benzene rings is 1. The van der Waals surface area contributed by atoms with Gasteiger partial charge in [0.05, 0.1) is 0 Å². The predicted octanol–water partition coefficient (Wildman–Crippen LogP) is 1.52. The van der Waals surface area contributed by atoms with Crippen molar-refractivity contribution in [1.82, 2.24) is 9.03 Å². The lowest BCUT2D eigenvalue weighted by Gasteiger charge is -2.23. The SMILES string of the molecule is O=C(O)CCC(NS(=O)(=O)N1CCCC1)c1ccccc1. The topological polar surface area (TPSA) is 86.7 Å². The lowest BCUT2D eigenvalue weighted by atomic mass is 10.0. The summed E-state index contributed by atoms with van der Waals surface area (Å²) < 4.78 is 28.7. The van der Waals surface area contributed by atoms with E-state index in [1.54, 1.807) is 12.1 Å². The van der Waals surface area contributed by atoms with Crippen molar-refractivity contribution >= 4 is 16.2 Å². The van der Waals surface area contributed by atoms with Gasteiger partial charge in [-0.1, -0.05) is 30.3 Å². The van der Waals surface area contributed by atoms with Crippen LogP contribution in [0.15, 0.2) is 30.3 Å². The fraction of sp³-hybridized carbons (Fsp3) is 0.500. The summed E-state index contributed by atoms with van der Waals surface area (Å²) in [6, 6.07) is 8.55. The molecule has 2 rings (SSSR count). The first-order valence-electron chi connectivity index (χ1n) is 7.03. The van der Waals surface area contributed by atoms with E-state index in [-0.39, 0.29) is 12.8 Å². The van der Waals surface area contributed by atoms with Crippen LogP contribution in [0.2, 0.25) is 0 Å². The van der Waals surface area contributed by atoms with Gasteiger partial charge in [-0.25, -0.2) is 0 Å². The molecular weight excluding hydrogens is 292 g/mol. The van der Waals surface area contributed by atoms with Gasteiger partial charge in [-0.2, -0.15) is 17.4 Å². The third-order valence-electron chi connectivity index (χ3n) is 3.54. The highest BCUT2D eigenvalue weighted by atomic mass is 32.2. The van der Waals surface area contributed by atoms with Crippen LogP contribution in [0, 0.1) is 0 Å². The van der Waals surface area contributed by atoms with E-state index in [2.05, 4.69) is 4.72 Å². The van der Waals surface area contributed by atoms with Gasteiger partial charge in [0.1, 0.15) is 0 Å². The second-order valence-corrected chi connectivity index (χ2v) is 6.83. The molecule has 1 unspecified atom stereocenters. The Morgan fingerprint density at radius 1 is 1.24 bits per heavy atom. The molecule has 1 atom stereocenters. The van der Waals surface area contributed by atoms with Crippen molar-refractivity contribution in [3.63, 3.8) is 0 Å². The van der Waals surface area contributed by atoms with Crippen molar-refractivity contribution < 1.29 is 18.3 Å². The van der Waals surface area contributed by atoms with Crippen molar-refractivity contribution in [2.24, 2.45) is 0 Å². The fourth-order valence-electron chi connectivity index (χ4n) is 2.43. The highest BCUT2D eigenvalue weighted by molar-refractivity contribution is 7.87. The highest BCUT2D eigenvalue weighted by Gasteiger charge is 2.28. The van der Waals surface area contributed by atoms with E-state index in [9.17, 15) is 13.2 Å². The monoisotopic (exact) mass is 312 g/mol. The zero-order chi connectivity index (χ0) is 15.3. The van der Waals surface area contributed by atoms with Crippen LogP contribution < -0.4 is 4.72 Å². The number of hydrogen-bond acceptors (Lipinski definition) is 3. The zero-order valence-electron chi connectivity index (χ0n) is 11.7. The smallest absolute Gasteiger partial charge is 0.303 e. The largest absolute Gasteiger partial charge is 0.481 e. The molecule has 0 saturated carbocycles. The molecule has 0 bridgehead atoms. The van der Waals surface area contributed by atoms with Crippen molar-refractivity contribution in [3.8, 4) is 0 Å². The Balaban J connectivity index is 2.13. The third-order valence-corrected chi connectivity index (χ3v) is 5.17. The summed E-state index contributed by atoms with van der Waals surface area (Å²) in [7, 11) is -3.56. The molecule has 0 spiro atoms. The molecule has 1 heterocycles. The van der Waals surface area contributed by atoms with Crippen LogP contribution >= 0.6 is 0 Å². The minimum Gasteiger partial charge on any atom is -0.481 e. The van der Waals surface area contributed by atoms with Crippen LogP contribution in [0.4, 0.5) is 0 Å². The molecular formula is C14H20N2O4S. The number of carboxylic acids is 1. The number of hydrogen-bond donors (Lipinski definition) is 2. The van der Waals surface area contributed by atoms with E-state index in [1.807, 2.05) is 18.2 Å². The fourth-order valence-corrected chi connectivity index (χ4v) is 3.93. The molecule has 0 radical (unpaired) electrons. The van der Waals surface area contributed by atoms with Gasteiger partial charge in [-0.3, -0.25) is 4.79 Å². The van der Waals surface area contributed by atoms with Crippen molar-refractivity contribution in [2.45, 2.75) is 31.7 Å². The number of rotatable bonds is 7. The molecule has 1 aliphatic heterocycles. The van der Waals surface area contributed by atoms with Crippen LogP contribution in [-0.4, -0.2) is 36.9 Å². The summed E-state index contributed by atoms with van der Waals surface area (Å²) in [5.74, 6) is -0.934. The van der Waals surface area contributed by atoms with Gasteiger partial charge in [-0.15, -0.1) is 0 Å². The average Bonchev–Trinajstić information content (AvgIpc) is 2.99. The Kier molecular flexibility index (Phi) is 5.33. The second kappa shape index (κ2) is 7.02. The Morgan fingerprint density at radius 2 is 1.86 bits per heavy atom. The van der Waals surface area contributed by atoms with Gasteiger partial charge >= 0.3 is 5.97 Å². The molecule has 6 nitrogen and oxygen atoms in total. The predicted molar refractivity (Wildman–Crippen MR) is 78.9 cm³/mol. The summed E-state index contributed by atoms with van der Waals surface area (Å²) in [6.07, 6.45) is 1.88. The summed E-state index contributed by atoms with van der Waals surface area (Å²) in [4.78, 5) is 10.8. The highest BCUT2D eigenvalue weighted by Crippen LogP contribution is 2.21. The van der Waals surface area contributed by atoms with Crippen LogP contribution in [0.5, 0.6) is 0 Å². The summed E-state index contributed by atoms with van der Waals surface area (Å²) in [5.41, 5.74) is 0.779. The van der Waals surface area contributed by atoms with E-state index in [0.29, 0.717) is 13.1 Å². The second-order valence-electron chi connectivity index (χ2n) is 5.12. The molecule has 0 aromatic heterocycles. The summed E-state index contributed by atoms with van der Waals surface area (Å²) in [6.45, 7) is 1.05. The van der Waals surface area contributed by atoms with Crippen molar-refractivity contribution in [2.75, 3.05) is 13.1 Å². The normalized spacial score (nSPS) is 17.7. The lowest BCUT2D eigenvalue weighted by molar-refractivity contribution is -0.137. The van der Waals surface area contributed by atoms with Crippen LogP contribution in [0.1, 0.15) is 37.3 Å². The minimum absolute atomic E-state index is 0.0813. The number of nitrogens with zero attached hydrogens (tertiary/aromatic N) is 1. The third kappa shape index (κ3) is 4.52. The molecule has 116 valence electrons. The lowest BCUT2D eigenvalue weighted by Crippen LogP contribution is -2.40. The Morgan fingerprint density at radius 3 is 2.43 bits per heavy atom. The molecule has 1 saturated heterocycles. The van der Waals surface area contributed by atoms with Gasteiger partial charge in [0.2, 0.25) is 0 Å². The molecule has 2 N–H and O–H groups in total. The first-order chi connectivity index (χ1) is 9.99. The maximum absolute atomic E-state index is 12.3. The van der Waals surface area contributed by atoms with Gasteiger partial charge in [0, 0.05) is 25.6 Å². The van der Waals surface area contributed by atoms with E-state index in [4.69, 9.17) is 5.11 Å². The molecule has 1 fully saturated rings. The average molecular weight is 312 g/mol. The van der Waals surface area contributed by atoms with Crippen LogP contribution in [0.25, 0.3) is 0 Å². The van der Waals surface area contributed by atoms with Crippen molar-refractivity contribution in [1.29, 1.82) is 0 Å². The molecule has 1 aromatic carbocycles. The minimum atomic E-state index is -3.56. The van der Waals surface area contributed by atoms with Crippen LogP contribution in [-0.2, 0) is 15.0 Å². The van der Waals surface area contributed by atoms with E-state index in [1.165, 1.54) is 4.31 Å². The molecule has 21 heavy (non-hydrogen) atoms. The van der Waals surface area contributed by atoms with Gasteiger partial charge < -0.3 is 5.11 Å². The molecule has 1 aromatic rings. The Hall–Kier alpha value is -1.44.